The molecule has 0 radical (unpaired) electrons. The molecule has 0 bridgehead atoms. The standard InChI is InChI=1S/C23H22F3N3O3/c1-15-6-5-7-19(21(29-31-4)22(30)27-3)20(15)14-32-28-16(2)8-9-17-10-12-18(13-11-17)23(24,25)26/h5-7,10-13H,14H2,1-4H3,(H,27,30)/b28-16+,29-21+. The topological polar surface area (TPSA) is 72.3 Å². The SMILES string of the molecule is CNC(=O)/C(=N/OC)c1cccc(C)c1CO/N=C(\C)C#Cc1ccc(C(F)(F)F)cc1. The van der Waals surface area contributed by atoms with Crippen LogP contribution in [0.3, 0.4) is 0 Å². The molecule has 0 saturated carbocycles. The molecule has 1 amide bonds. The van der Waals surface area contributed by atoms with Crippen LogP contribution in [0.15, 0.2) is 52.8 Å². The highest BCUT2D eigenvalue weighted by atomic mass is 19.4. The van der Waals surface area contributed by atoms with Crippen molar-refractivity contribution in [3.05, 3.63) is 70.3 Å². The van der Waals surface area contributed by atoms with E-state index >= 15 is 0 Å². The summed E-state index contributed by atoms with van der Waals surface area (Å²) in [5.41, 5.74) is 2.20. The maximum Gasteiger partial charge on any atom is 0.416 e. The van der Waals surface area contributed by atoms with Gasteiger partial charge in [-0.2, -0.15) is 13.2 Å². The second kappa shape index (κ2) is 11.0. The lowest BCUT2D eigenvalue weighted by Crippen LogP contribution is -2.29. The summed E-state index contributed by atoms with van der Waals surface area (Å²) in [4.78, 5) is 22.4. The van der Waals surface area contributed by atoms with Crippen molar-refractivity contribution in [2.24, 2.45) is 10.3 Å². The molecule has 0 fully saturated rings. The number of benzene rings is 2. The smallest absolute Gasteiger partial charge is 0.398 e. The molecule has 1 N–H and O–H groups in total. The molecule has 6 nitrogen and oxygen atoms in total. The van der Waals surface area contributed by atoms with Crippen LogP contribution in [0, 0.1) is 18.8 Å². The second-order valence-corrected chi connectivity index (χ2v) is 6.58. The molecule has 9 heteroatoms. The van der Waals surface area contributed by atoms with Gasteiger partial charge in [0.15, 0.2) is 5.71 Å². The fourth-order valence-corrected chi connectivity index (χ4v) is 2.66. The number of carbonyl (C=O) groups excluding carboxylic acids is 1. The first kappa shape index (κ1) is 24.5. The zero-order chi connectivity index (χ0) is 23.7. The van der Waals surface area contributed by atoms with Gasteiger partial charge in [-0.1, -0.05) is 34.4 Å². The third-order valence-electron chi connectivity index (χ3n) is 4.30. The number of nitrogens with zero attached hydrogens (tertiary/aromatic N) is 2. The molecule has 0 heterocycles. The summed E-state index contributed by atoms with van der Waals surface area (Å²) in [6.07, 6.45) is -4.39. The number of alkyl halides is 3. The summed E-state index contributed by atoms with van der Waals surface area (Å²) >= 11 is 0. The molecule has 32 heavy (non-hydrogen) atoms. The van der Waals surface area contributed by atoms with Gasteiger partial charge in [0.05, 0.1) is 5.56 Å². The number of aryl methyl sites for hydroxylation is 1. The minimum absolute atomic E-state index is 0.0427. The zero-order valence-electron chi connectivity index (χ0n) is 18.0. The van der Waals surface area contributed by atoms with E-state index in [4.69, 9.17) is 9.68 Å². The normalized spacial score (nSPS) is 12.0. The summed E-state index contributed by atoms with van der Waals surface area (Å²) in [5.74, 6) is 5.05. The van der Waals surface area contributed by atoms with Gasteiger partial charge < -0.3 is 15.0 Å². The summed E-state index contributed by atoms with van der Waals surface area (Å²) in [6.45, 7) is 3.51. The Balaban J connectivity index is 2.16. The van der Waals surface area contributed by atoms with Crippen molar-refractivity contribution < 1.29 is 27.6 Å². The number of carbonyl (C=O) groups is 1. The summed E-state index contributed by atoms with van der Waals surface area (Å²) in [7, 11) is 2.83. The summed E-state index contributed by atoms with van der Waals surface area (Å²) in [5, 5.41) is 10.3. The number of hydrogen-bond acceptors (Lipinski definition) is 5. The number of oxime groups is 2. The number of likely N-dealkylation sites (N-methyl/N-ethyl adjacent to an activating group) is 1. The molecular formula is C23H22F3N3O3. The van der Waals surface area contributed by atoms with Crippen LogP contribution in [0.4, 0.5) is 13.2 Å². The van der Waals surface area contributed by atoms with E-state index in [1.807, 2.05) is 13.0 Å². The molecule has 168 valence electrons. The van der Waals surface area contributed by atoms with Crippen LogP contribution >= 0.6 is 0 Å². The number of hydrogen-bond donors (Lipinski definition) is 1. The van der Waals surface area contributed by atoms with Gasteiger partial charge >= 0.3 is 6.18 Å². The molecular weight excluding hydrogens is 423 g/mol. The average molecular weight is 445 g/mol. The Morgan fingerprint density at radius 1 is 1.12 bits per heavy atom. The van der Waals surface area contributed by atoms with E-state index in [9.17, 15) is 18.0 Å². The van der Waals surface area contributed by atoms with E-state index in [0.29, 0.717) is 22.4 Å². The molecule has 0 aliphatic heterocycles. The van der Waals surface area contributed by atoms with E-state index in [-0.39, 0.29) is 12.3 Å². The predicted octanol–water partition coefficient (Wildman–Crippen LogP) is 4.05. The predicted molar refractivity (Wildman–Crippen MR) is 115 cm³/mol. The number of nitrogens with one attached hydrogen (secondary N) is 1. The Kier molecular flexibility index (Phi) is 8.41. The van der Waals surface area contributed by atoms with Crippen LogP contribution in [0.2, 0.25) is 0 Å². The second-order valence-electron chi connectivity index (χ2n) is 6.58. The lowest BCUT2D eigenvalue weighted by Gasteiger charge is -2.12. The average Bonchev–Trinajstić information content (AvgIpc) is 2.76. The molecule has 0 atom stereocenters. The van der Waals surface area contributed by atoms with Crippen LogP contribution in [0.1, 0.15) is 34.7 Å². The number of rotatable bonds is 6. The van der Waals surface area contributed by atoms with E-state index in [0.717, 1.165) is 17.7 Å². The highest BCUT2D eigenvalue weighted by Gasteiger charge is 2.29. The molecule has 0 spiro atoms. The molecule has 0 unspecified atom stereocenters. The highest BCUT2D eigenvalue weighted by Crippen LogP contribution is 2.28. The Bertz CT molecular complexity index is 1080. The lowest BCUT2D eigenvalue weighted by molar-refractivity contribution is -0.137. The Morgan fingerprint density at radius 2 is 1.81 bits per heavy atom. The Labute approximate surface area is 184 Å². The van der Waals surface area contributed by atoms with Crippen molar-refractivity contribution in [3.8, 4) is 11.8 Å². The fraction of sp³-hybridized carbons (Fsp3) is 0.261. The van der Waals surface area contributed by atoms with Crippen molar-refractivity contribution >= 4 is 17.3 Å². The Morgan fingerprint density at radius 3 is 2.41 bits per heavy atom. The van der Waals surface area contributed by atoms with Crippen LogP contribution in [0.25, 0.3) is 0 Å². The van der Waals surface area contributed by atoms with Crippen LogP contribution in [-0.2, 0) is 27.3 Å². The first-order valence-corrected chi connectivity index (χ1v) is 9.45. The first-order valence-electron chi connectivity index (χ1n) is 9.45. The van der Waals surface area contributed by atoms with Gasteiger partial charge in [-0.05, 0) is 49.6 Å². The third kappa shape index (κ3) is 6.60. The third-order valence-corrected chi connectivity index (χ3v) is 4.30. The van der Waals surface area contributed by atoms with Gasteiger partial charge in [0, 0.05) is 23.7 Å². The van der Waals surface area contributed by atoms with Gasteiger partial charge in [0.2, 0.25) is 0 Å². The summed E-state index contributed by atoms with van der Waals surface area (Å²) < 4.78 is 37.9. The molecule has 2 aromatic carbocycles. The van der Waals surface area contributed by atoms with E-state index in [1.165, 1.54) is 26.3 Å². The Hall–Kier alpha value is -3.80. The van der Waals surface area contributed by atoms with Gasteiger partial charge in [-0.25, -0.2) is 0 Å². The van der Waals surface area contributed by atoms with Crippen LogP contribution < -0.4 is 5.32 Å². The molecule has 0 aliphatic rings. The summed E-state index contributed by atoms with van der Waals surface area (Å²) in [6, 6.07) is 9.89. The monoisotopic (exact) mass is 445 g/mol. The van der Waals surface area contributed by atoms with Gasteiger partial charge in [0.1, 0.15) is 19.4 Å². The lowest BCUT2D eigenvalue weighted by atomic mass is 9.98. The van der Waals surface area contributed by atoms with Crippen molar-refractivity contribution in [3.63, 3.8) is 0 Å². The van der Waals surface area contributed by atoms with E-state index < -0.39 is 17.6 Å². The zero-order valence-corrected chi connectivity index (χ0v) is 18.0. The van der Waals surface area contributed by atoms with Gasteiger partial charge in [-0.15, -0.1) is 0 Å². The largest absolute Gasteiger partial charge is 0.416 e. The van der Waals surface area contributed by atoms with Crippen molar-refractivity contribution in [1.82, 2.24) is 5.32 Å². The quantitative estimate of drug-likeness (QED) is 0.414. The maximum absolute atomic E-state index is 12.6. The number of halogens is 3. The number of amides is 1. The first-order chi connectivity index (χ1) is 15.2. The van der Waals surface area contributed by atoms with Crippen molar-refractivity contribution in [2.45, 2.75) is 26.6 Å². The fourth-order valence-electron chi connectivity index (χ4n) is 2.66. The minimum atomic E-state index is -4.39. The molecule has 0 aromatic heterocycles. The van der Waals surface area contributed by atoms with E-state index in [2.05, 4.69) is 27.5 Å². The van der Waals surface area contributed by atoms with Gasteiger partial charge in [-0.3, -0.25) is 4.79 Å². The van der Waals surface area contributed by atoms with E-state index in [1.54, 1.807) is 19.1 Å². The molecule has 0 aliphatic carbocycles. The molecule has 2 rings (SSSR count). The minimum Gasteiger partial charge on any atom is -0.398 e. The van der Waals surface area contributed by atoms with Crippen molar-refractivity contribution in [1.29, 1.82) is 0 Å². The van der Waals surface area contributed by atoms with Gasteiger partial charge in [0.25, 0.3) is 5.91 Å². The molecule has 2 aromatic rings. The highest BCUT2D eigenvalue weighted by molar-refractivity contribution is 6.45. The molecule has 0 saturated heterocycles. The van der Waals surface area contributed by atoms with Crippen LogP contribution in [-0.4, -0.2) is 31.5 Å². The van der Waals surface area contributed by atoms with Crippen LogP contribution in [0.5, 0.6) is 0 Å². The van der Waals surface area contributed by atoms with Crippen molar-refractivity contribution in [2.75, 3.05) is 14.2 Å². The maximum atomic E-state index is 12.6.